The molecule has 2 rings (SSSR count). The van der Waals surface area contributed by atoms with Gasteiger partial charge >= 0.3 is 0 Å². The minimum atomic E-state index is -0.229. The van der Waals surface area contributed by atoms with Crippen LogP contribution in [0.15, 0.2) is 23.8 Å². The van der Waals surface area contributed by atoms with Gasteiger partial charge < -0.3 is 5.32 Å². The summed E-state index contributed by atoms with van der Waals surface area (Å²) in [5.41, 5.74) is 2.07. The molecule has 0 atom stereocenters. The smallest absolute Gasteiger partial charge is 0.259 e. The van der Waals surface area contributed by atoms with E-state index in [1.165, 1.54) is 24.2 Å². The van der Waals surface area contributed by atoms with Crippen molar-refractivity contribution >= 4 is 28.2 Å². The van der Waals surface area contributed by atoms with Crippen LogP contribution in [0.2, 0.25) is 0 Å². The molecule has 0 saturated carbocycles. The molecule has 0 fully saturated rings. The Hall–Kier alpha value is -2.02. The maximum atomic E-state index is 12.0. The number of unbranched alkanes of at least 4 members (excludes halogenated alkanes) is 1. The number of amides is 1. The molecule has 0 aliphatic carbocycles. The lowest BCUT2D eigenvalue weighted by Gasteiger charge is -2.07. The first-order chi connectivity index (χ1) is 10.6. The van der Waals surface area contributed by atoms with Crippen LogP contribution in [0.25, 0.3) is 0 Å². The van der Waals surface area contributed by atoms with Gasteiger partial charge in [0.25, 0.3) is 5.91 Å². The van der Waals surface area contributed by atoms with Crippen LogP contribution in [-0.2, 0) is 0 Å². The van der Waals surface area contributed by atoms with Crippen LogP contribution in [0.1, 0.15) is 43.5 Å². The maximum Gasteiger partial charge on any atom is 0.259 e. The van der Waals surface area contributed by atoms with Gasteiger partial charge in [0.05, 0.1) is 5.56 Å². The fourth-order valence-corrected chi connectivity index (χ4v) is 2.36. The SMILES string of the molecule is CC(C)CCCCNc1ccc(C(=O)Nc2nncs2)cn1. The number of aromatic nitrogens is 3. The van der Waals surface area contributed by atoms with Gasteiger partial charge in [0, 0.05) is 12.7 Å². The summed E-state index contributed by atoms with van der Waals surface area (Å²) >= 11 is 1.28. The van der Waals surface area contributed by atoms with Crippen molar-refractivity contribution in [2.24, 2.45) is 5.92 Å². The maximum absolute atomic E-state index is 12.0. The Morgan fingerprint density at radius 3 is 2.82 bits per heavy atom. The van der Waals surface area contributed by atoms with Gasteiger partial charge in [-0.2, -0.15) is 0 Å². The van der Waals surface area contributed by atoms with Gasteiger partial charge in [0.2, 0.25) is 5.13 Å². The van der Waals surface area contributed by atoms with E-state index >= 15 is 0 Å². The van der Waals surface area contributed by atoms with Gasteiger partial charge in [-0.3, -0.25) is 10.1 Å². The molecule has 1 amide bonds. The number of hydrogen-bond acceptors (Lipinski definition) is 6. The van der Waals surface area contributed by atoms with Crippen molar-refractivity contribution in [2.75, 3.05) is 17.2 Å². The van der Waals surface area contributed by atoms with E-state index in [1.807, 2.05) is 6.07 Å². The van der Waals surface area contributed by atoms with Crippen molar-refractivity contribution in [1.82, 2.24) is 15.2 Å². The summed E-state index contributed by atoms with van der Waals surface area (Å²) in [6.07, 6.45) is 5.15. The zero-order valence-electron chi connectivity index (χ0n) is 12.9. The average Bonchev–Trinajstić information content (AvgIpc) is 3.00. The number of anilines is 2. The second kappa shape index (κ2) is 8.43. The molecule has 0 radical (unpaired) electrons. The third-order valence-corrected chi connectivity index (χ3v) is 3.73. The topological polar surface area (TPSA) is 79.8 Å². The Morgan fingerprint density at radius 1 is 1.32 bits per heavy atom. The normalized spacial score (nSPS) is 10.7. The van der Waals surface area contributed by atoms with Gasteiger partial charge in [-0.25, -0.2) is 4.98 Å². The van der Waals surface area contributed by atoms with Crippen LogP contribution in [0.5, 0.6) is 0 Å². The number of rotatable bonds is 8. The molecule has 0 bridgehead atoms. The molecule has 0 aromatic carbocycles. The second-order valence-electron chi connectivity index (χ2n) is 5.45. The van der Waals surface area contributed by atoms with Crippen molar-refractivity contribution < 1.29 is 4.79 Å². The van der Waals surface area contributed by atoms with Gasteiger partial charge in [0.15, 0.2) is 0 Å². The highest BCUT2D eigenvalue weighted by Gasteiger charge is 2.08. The lowest BCUT2D eigenvalue weighted by atomic mass is 10.1. The second-order valence-corrected chi connectivity index (χ2v) is 6.28. The van der Waals surface area contributed by atoms with E-state index in [9.17, 15) is 4.79 Å². The fourth-order valence-electron chi connectivity index (χ4n) is 1.92. The van der Waals surface area contributed by atoms with Crippen LogP contribution in [-0.4, -0.2) is 27.6 Å². The molecule has 2 heterocycles. The van der Waals surface area contributed by atoms with E-state index in [-0.39, 0.29) is 5.91 Å². The Bertz CT molecular complexity index is 568. The van der Waals surface area contributed by atoms with Crippen LogP contribution >= 0.6 is 11.3 Å². The predicted molar refractivity (Wildman–Crippen MR) is 89.3 cm³/mol. The minimum Gasteiger partial charge on any atom is -0.370 e. The van der Waals surface area contributed by atoms with E-state index in [4.69, 9.17) is 0 Å². The first-order valence-corrected chi connectivity index (χ1v) is 8.30. The average molecular weight is 319 g/mol. The molecule has 0 aliphatic rings. The number of hydrogen-bond donors (Lipinski definition) is 2. The first-order valence-electron chi connectivity index (χ1n) is 7.42. The van der Waals surface area contributed by atoms with Gasteiger partial charge in [0.1, 0.15) is 11.3 Å². The number of nitrogens with zero attached hydrogens (tertiary/aromatic N) is 3. The molecule has 2 aromatic heterocycles. The lowest BCUT2D eigenvalue weighted by molar-refractivity contribution is 0.102. The monoisotopic (exact) mass is 319 g/mol. The molecular formula is C15H21N5OS. The summed E-state index contributed by atoms with van der Waals surface area (Å²) in [5.74, 6) is 1.31. The number of nitrogens with one attached hydrogen (secondary N) is 2. The van der Waals surface area contributed by atoms with Crippen LogP contribution < -0.4 is 10.6 Å². The quantitative estimate of drug-likeness (QED) is 0.729. The molecule has 2 N–H and O–H groups in total. The zero-order valence-corrected chi connectivity index (χ0v) is 13.7. The molecule has 7 heteroatoms. The van der Waals surface area contributed by atoms with Crippen LogP contribution in [0.4, 0.5) is 10.9 Å². The van der Waals surface area contributed by atoms with E-state index < -0.39 is 0 Å². The Labute approximate surface area is 134 Å². The summed E-state index contributed by atoms with van der Waals surface area (Å²) < 4.78 is 0. The Kier molecular flexibility index (Phi) is 6.27. The largest absolute Gasteiger partial charge is 0.370 e. The van der Waals surface area contributed by atoms with E-state index in [1.54, 1.807) is 17.8 Å². The number of carbonyl (C=O) groups excluding carboxylic acids is 1. The fraction of sp³-hybridized carbons (Fsp3) is 0.467. The van der Waals surface area contributed by atoms with Gasteiger partial charge in [-0.1, -0.05) is 38.0 Å². The predicted octanol–water partition coefficient (Wildman–Crippen LogP) is 3.42. The third-order valence-electron chi connectivity index (χ3n) is 3.12. The Balaban J connectivity index is 1.76. The molecular weight excluding hydrogens is 298 g/mol. The summed E-state index contributed by atoms with van der Waals surface area (Å²) in [6.45, 7) is 5.37. The van der Waals surface area contributed by atoms with Crippen molar-refractivity contribution in [3.05, 3.63) is 29.4 Å². The summed E-state index contributed by atoms with van der Waals surface area (Å²) in [4.78, 5) is 16.2. The molecule has 118 valence electrons. The summed E-state index contributed by atoms with van der Waals surface area (Å²) in [7, 11) is 0. The highest BCUT2D eigenvalue weighted by molar-refractivity contribution is 7.13. The molecule has 6 nitrogen and oxygen atoms in total. The molecule has 0 unspecified atom stereocenters. The van der Waals surface area contributed by atoms with Crippen molar-refractivity contribution in [1.29, 1.82) is 0 Å². The molecule has 0 saturated heterocycles. The Morgan fingerprint density at radius 2 is 2.18 bits per heavy atom. The zero-order chi connectivity index (χ0) is 15.8. The highest BCUT2D eigenvalue weighted by Crippen LogP contribution is 2.12. The number of carbonyl (C=O) groups is 1. The molecule has 2 aromatic rings. The van der Waals surface area contributed by atoms with Crippen molar-refractivity contribution in [3.63, 3.8) is 0 Å². The number of pyridine rings is 1. The minimum absolute atomic E-state index is 0.229. The molecule has 0 spiro atoms. The lowest BCUT2D eigenvalue weighted by Crippen LogP contribution is -2.12. The highest BCUT2D eigenvalue weighted by atomic mass is 32.1. The van der Waals surface area contributed by atoms with E-state index in [2.05, 4.69) is 39.7 Å². The van der Waals surface area contributed by atoms with Crippen LogP contribution in [0, 0.1) is 5.92 Å². The third kappa shape index (κ3) is 5.40. The summed E-state index contributed by atoms with van der Waals surface area (Å²) in [6, 6.07) is 3.57. The van der Waals surface area contributed by atoms with Crippen molar-refractivity contribution in [2.45, 2.75) is 33.1 Å². The van der Waals surface area contributed by atoms with E-state index in [0.717, 1.165) is 24.7 Å². The van der Waals surface area contributed by atoms with Crippen molar-refractivity contribution in [3.8, 4) is 0 Å². The molecule has 0 aliphatic heterocycles. The van der Waals surface area contributed by atoms with Gasteiger partial charge in [-0.15, -0.1) is 10.2 Å². The molecule has 22 heavy (non-hydrogen) atoms. The standard InChI is InChI=1S/C15H21N5OS/c1-11(2)5-3-4-8-16-13-7-6-12(9-17-13)14(21)19-15-20-18-10-22-15/h6-7,9-11H,3-5,8H2,1-2H3,(H,16,17)(H,19,20,21). The van der Waals surface area contributed by atoms with Crippen LogP contribution in [0.3, 0.4) is 0 Å². The van der Waals surface area contributed by atoms with E-state index in [0.29, 0.717) is 10.7 Å². The first kappa shape index (κ1) is 16.4. The van der Waals surface area contributed by atoms with Gasteiger partial charge in [-0.05, 0) is 24.5 Å². The summed E-state index contributed by atoms with van der Waals surface area (Å²) in [5, 5.41) is 13.9.